The van der Waals surface area contributed by atoms with Gasteiger partial charge < -0.3 is 10.3 Å². The predicted octanol–water partition coefficient (Wildman–Crippen LogP) is 0.153. The first-order chi connectivity index (χ1) is 7.86. The maximum absolute atomic E-state index is 11.9. The number of nitrogens with two attached hydrogens (primary N) is 1. The highest BCUT2D eigenvalue weighted by Gasteiger charge is 2.23. The molecule has 96 valence electrons. The SMILES string of the molecule is CCCC(NS(=O)(=O)c1cn(C)cn1)C(N)=S. The number of nitrogens with zero attached hydrogens (tertiary/aromatic N) is 2. The van der Waals surface area contributed by atoms with Crippen molar-refractivity contribution >= 4 is 27.2 Å². The molecule has 8 heteroatoms. The molecule has 0 saturated heterocycles. The molecule has 1 heterocycles. The third-order valence-electron chi connectivity index (χ3n) is 2.17. The molecular weight excluding hydrogens is 260 g/mol. The molecule has 6 nitrogen and oxygen atoms in total. The Kier molecular flexibility index (Phi) is 4.61. The van der Waals surface area contributed by atoms with Crippen molar-refractivity contribution in [3.8, 4) is 0 Å². The van der Waals surface area contributed by atoms with Crippen molar-refractivity contribution in [3.05, 3.63) is 12.5 Å². The minimum Gasteiger partial charge on any atom is -0.392 e. The van der Waals surface area contributed by atoms with Crippen molar-refractivity contribution in [2.24, 2.45) is 12.8 Å². The standard InChI is InChI=1S/C9H16N4O2S2/c1-3-4-7(9(10)16)12-17(14,15)8-5-13(2)6-11-8/h5-7,12H,3-4H2,1-2H3,(H2,10,16). The van der Waals surface area contributed by atoms with Crippen LogP contribution < -0.4 is 10.5 Å². The Hall–Kier alpha value is -0.990. The lowest BCUT2D eigenvalue weighted by Gasteiger charge is -2.15. The minimum atomic E-state index is -3.66. The summed E-state index contributed by atoms with van der Waals surface area (Å²) in [5, 5.41) is -0.0302. The molecule has 1 unspecified atom stereocenters. The zero-order chi connectivity index (χ0) is 13.1. The molecule has 1 aromatic rings. The van der Waals surface area contributed by atoms with Crippen LogP contribution in [0, 0.1) is 0 Å². The number of aryl methyl sites for hydroxylation is 1. The lowest BCUT2D eigenvalue weighted by molar-refractivity contribution is 0.564. The molecule has 1 rings (SSSR count). The molecule has 1 aromatic heterocycles. The summed E-state index contributed by atoms with van der Waals surface area (Å²) < 4.78 is 27.9. The molecule has 1 atom stereocenters. The van der Waals surface area contributed by atoms with Crippen LogP contribution in [0.25, 0.3) is 0 Å². The maximum Gasteiger partial charge on any atom is 0.260 e. The monoisotopic (exact) mass is 276 g/mol. The van der Waals surface area contributed by atoms with E-state index in [1.165, 1.54) is 12.5 Å². The molecule has 0 saturated carbocycles. The highest BCUT2D eigenvalue weighted by molar-refractivity contribution is 7.89. The normalized spacial score (nSPS) is 13.5. The number of sulfonamides is 1. The fourth-order valence-corrected chi connectivity index (χ4v) is 2.81. The third kappa shape index (κ3) is 3.76. The lowest BCUT2D eigenvalue weighted by Crippen LogP contribution is -2.43. The highest BCUT2D eigenvalue weighted by Crippen LogP contribution is 2.07. The summed E-state index contributed by atoms with van der Waals surface area (Å²) >= 11 is 4.83. The van der Waals surface area contributed by atoms with E-state index in [1.807, 2.05) is 6.92 Å². The van der Waals surface area contributed by atoms with E-state index in [9.17, 15) is 8.42 Å². The Morgan fingerprint density at radius 1 is 1.71 bits per heavy atom. The van der Waals surface area contributed by atoms with Gasteiger partial charge in [0, 0.05) is 13.2 Å². The fourth-order valence-electron chi connectivity index (χ4n) is 1.32. The van der Waals surface area contributed by atoms with E-state index < -0.39 is 16.1 Å². The van der Waals surface area contributed by atoms with Gasteiger partial charge in [-0.2, -0.15) is 4.72 Å². The molecule has 0 amide bonds. The number of thiocarbonyl (C=S) groups is 1. The van der Waals surface area contributed by atoms with E-state index in [0.717, 1.165) is 6.42 Å². The van der Waals surface area contributed by atoms with Gasteiger partial charge in [0.05, 0.1) is 17.4 Å². The zero-order valence-electron chi connectivity index (χ0n) is 9.75. The first-order valence-corrected chi connectivity index (χ1v) is 7.05. The molecule has 0 aliphatic rings. The number of rotatable bonds is 6. The molecule has 0 radical (unpaired) electrons. The van der Waals surface area contributed by atoms with Gasteiger partial charge in [0.2, 0.25) is 0 Å². The van der Waals surface area contributed by atoms with Gasteiger partial charge in [0.1, 0.15) is 0 Å². The molecular formula is C9H16N4O2S2. The maximum atomic E-state index is 11.9. The van der Waals surface area contributed by atoms with Crippen molar-refractivity contribution in [3.63, 3.8) is 0 Å². The van der Waals surface area contributed by atoms with Gasteiger partial charge in [-0.05, 0) is 6.42 Å². The summed E-state index contributed by atoms with van der Waals surface area (Å²) in [7, 11) is -1.96. The Balaban J connectivity index is 2.88. The highest BCUT2D eigenvalue weighted by atomic mass is 32.2. The molecule has 0 spiro atoms. The van der Waals surface area contributed by atoms with Gasteiger partial charge in [0.15, 0.2) is 5.03 Å². The van der Waals surface area contributed by atoms with E-state index in [4.69, 9.17) is 18.0 Å². The number of imidazole rings is 1. The Bertz CT molecular complexity index is 495. The van der Waals surface area contributed by atoms with Gasteiger partial charge in [-0.25, -0.2) is 13.4 Å². The number of aromatic nitrogens is 2. The first-order valence-electron chi connectivity index (χ1n) is 5.16. The van der Waals surface area contributed by atoms with Crippen molar-refractivity contribution in [1.29, 1.82) is 0 Å². The molecule has 3 N–H and O–H groups in total. The largest absolute Gasteiger partial charge is 0.392 e. The van der Waals surface area contributed by atoms with Crippen LogP contribution >= 0.6 is 12.2 Å². The van der Waals surface area contributed by atoms with Crippen LogP contribution in [0.3, 0.4) is 0 Å². The summed E-state index contributed by atoms with van der Waals surface area (Å²) in [6.07, 6.45) is 4.20. The lowest BCUT2D eigenvalue weighted by atomic mass is 10.2. The van der Waals surface area contributed by atoms with Crippen LogP contribution in [-0.4, -0.2) is 29.0 Å². The van der Waals surface area contributed by atoms with Gasteiger partial charge in [-0.3, -0.25) is 0 Å². The Morgan fingerprint density at radius 2 is 2.35 bits per heavy atom. The van der Waals surface area contributed by atoms with Gasteiger partial charge >= 0.3 is 0 Å². The van der Waals surface area contributed by atoms with Crippen LogP contribution in [0.5, 0.6) is 0 Å². The Labute approximate surface area is 106 Å². The van der Waals surface area contributed by atoms with Gasteiger partial charge in [-0.1, -0.05) is 25.6 Å². The average molecular weight is 276 g/mol. The van der Waals surface area contributed by atoms with Crippen LogP contribution in [-0.2, 0) is 17.1 Å². The second-order valence-electron chi connectivity index (χ2n) is 3.74. The smallest absolute Gasteiger partial charge is 0.260 e. The first kappa shape index (κ1) is 14.1. The topological polar surface area (TPSA) is 90.0 Å². The summed E-state index contributed by atoms with van der Waals surface area (Å²) in [6, 6.07) is -0.526. The number of hydrogen-bond acceptors (Lipinski definition) is 4. The van der Waals surface area contributed by atoms with E-state index in [0.29, 0.717) is 6.42 Å². The minimum absolute atomic E-state index is 0.0302. The van der Waals surface area contributed by atoms with Crippen LogP contribution in [0.2, 0.25) is 0 Å². The second-order valence-corrected chi connectivity index (χ2v) is 5.87. The second kappa shape index (κ2) is 5.56. The van der Waals surface area contributed by atoms with Crippen molar-refractivity contribution < 1.29 is 8.42 Å². The summed E-state index contributed by atoms with van der Waals surface area (Å²) in [6.45, 7) is 1.93. The number of hydrogen-bond donors (Lipinski definition) is 2. The van der Waals surface area contributed by atoms with Crippen LogP contribution in [0.15, 0.2) is 17.6 Å². The molecule has 0 aromatic carbocycles. The van der Waals surface area contributed by atoms with Gasteiger partial charge in [0.25, 0.3) is 10.0 Å². The summed E-state index contributed by atoms with van der Waals surface area (Å²) in [5.74, 6) is 0. The van der Waals surface area contributed by atoms with Crippen LogP contribution in [0.1, 0.15) is 19.8 Å². The number of nitrogens with one attached hydrogen (secondary N) is 1. The molecule has 17 heavy (non-hydrogen) atoms. The van der Waals surface area contributed by atoms with Crippen molar-refractivity contribution in [2.75, 3.05) is 0 Å². The van der Waals surface area contributed by atoms with E-state index in [-0.39, 0.29) is 10.0 Å². The van der Waals surface area contributed by atoms with Gasteiger partial charge in [-0.15, -0.1) is 0 Å². The van der Waals surface area contributed by atoms with E-state index in [2.05, 4.69) is 9.71 Å². The molecule has 0 bridgehead atoms. The third-order valence-corrected chi connectivity index (χ3v) is 3.82. The summed E-state index contributed by atoms with van der Waals surface area (Å²) in [4.78, 5) is 3.93. The zero-order valence-corrected chi connectivity index (χ0v) is 11.4. The molecule has 0 aliphatic carbocycles. The van der Waals surface area contributed by atoms with Crippen molar-refractivity contribution in [2.45, 2.75) is 30.8 Å². The van der Waals surface area contributed by atoms with E-state index in [1.54, 1.807) is 11.6 Å². The molecule has 0 fully saturated rings. The Morgan fingerprint density at radius 3 is 2.76 bits per heavy atom. The predicted molar refractivity (Wildman–Crippen MR) is 69.0 cm³/mol. The quantitative estimate of drug-likeness (QED) is 0.722. The van der Waals surface area contributed by atoms with Crippen LogP contribution in [0.4, 0.5) is 0 Å². The molecule has 0 aliphatic heterocycles. The summed E-state index contributed by atoms with van der Waals surface area (Å²) in [5.41, 5.74) is 5.49. The fraction of sp³-hybridized carbons (Fsp3) is 0.556. The van der Waals surface area contributed by atoms with Crippen molar-refractivity contribution in [1.82, 2.24) is 14.3 Å². The van der Waals surface area contributed by atoms with E-state index >= 15 is 0 Å². The average Bonchev–Trinajstić information content (AvgIpc) is 2.64.